The summed E-state index contributed by atoms with van der Waals surface area (Å²) in [5.74, 6) is 1.66. The summed E-state index contributed by atoms with van der Waals surface area (Å²) in [6.07, 6.45) is 6.36. The summed E-state index contributed by atoms with van der Waals surface area (Å²) >= 11 is 7.10. The van der Waals surface area contributed by atoms with Gasteiger partial charge in [0.25, 0.3) is 0 Å². The van der Waals surface area contributed by atoms with Gasteiger partial charge in [0.1, 0.15) is 4.32 Å². The minimum atomic E-state index is -3.41. The molecular formula is C20H29N3O2S3. The van der Waals surface area contributed by atoms with Gasteiger partial charge in [-0.1, -0.05) is 55.4 Å². The maximum Gasteiger partial charge on any atom is 0.243 e. The van der Waals surface area contributed by atoms with Gasteiger partial charge < -0.3 is 4.90 Å². The summed E-state index contributed by atoms with van der Waals surface area (Å²) in [6, 6.07) is 7.69. The number of hydrogen-bond acceptors (Lipinski definition) is 5. The predicted molar refractivity (Wildman–Crippen MR) is 119 cm³/mol. The summed E-state index contributed by atoms with van der Waals surface area (Å²) in [6.45, 7) is 4.40. The van der Waals surface area contributed by atoms with Crippen molar-refractivity contribution in [1.29, 1.82) is 0 Å². The van der Waals surface area contributed by atoms with Gasteiger partial charge in [0, 0.05) is 38.5 Å². The number of thiocarbonyl (C=S) groups is 1. The second-order valence-corrected chi connectivity index (χ2v) is 11.6. The van der Waals surface area contributed by atoms with Crippen LogP contribution in [-0.4, -0.2) is 72.0 Å². The van der Waals surface area contributed by atoms with Crippen LogP contribution in [0.4, 0.5) is 0 Å². The number of hydrogen-bond donors (Lipinski definition) is 0. The summed E-state index contributed by atoms with van der Waals surface area (Å²) in [4.78, 5) is 4.95. The van der Waals surface area contributed by atoms with Gasteiger partial charge in [-0.15, -0.1) is 0 Å². The predicted octanol–water partition coefficient (Wildman–Crippen LogP) is 3.33. The SMILES string of the molecule is O=S(=O)(c1ccc(C2CCCCC2)cc1)N1CCN(CN2CCSC2=S)CC1. The Labute approximate surface area is 178 Å². The first kappa shape index (κ1) is 20.6. The van der Waals surface area contributed by atoms with Gasteiger partial charge >= 0.3 is 0 Å². The molecule has 28 heavy (non-hydrogen) atoms. The molecule has 0 atom stereocenters. The molecule has 0 amide bonds. The van der Waals surface area contributed by atoms with E-state index in [0.29, 0.717) is 23.9 Å². The smallest absolute Gasteiger partial charge is 0.243 e. The van der Waals surface area contributed by atoms with Gasteiger partial charge in [0.05, 0.1) is 11.6 Å². The quantitative estimate of drug-likeness (QED) is 0.656. The van der Waals surface area contributed by atoms with Crippen molar-refractivity contribution < 1.29 is 8.42 Å². The number of piperazine rings is 1. The molecule has 0 unspecified atom stereocenters. The average Bonchev–Trinajstić information content (AvgIpc) is 3.14. The van der Waals surface area contributed by atoms with Crippen molar-refractivity contribution in [3.8, 4) is 0 Å². The Morgan fingerprint density at radius 2 is 1.64 bits per heavy atom. The zero-order valence-corrected chi connectivity index (χ0v) is 18.7. The lowest BCUT2D eigenvalue weighted by atomic mass is 9.84. The van der Waals surface area contributed by atoms with Crippen molar-refractivity contribution in [2.24, 2.45) is 0 Å². The number of rotatable bonds is 5. The first-order valence-corrected chi connectivity index (χ1v) is 13.1. The van der Waals surface area contributed by atoms with Crippen LogP contribution in [0.15, 0.2) is 29.2 Å². The van der Waals surface area contributed by atoms with Crippen LogP contribution in [0.25, 0.3) is 0 Å². The summed E-state index contributed by atoms with van der Waals surface area (Å²) in [5, 5.41) is 0. The molecule has 1 aliphatic carbocycles. The van der Waals surface area contributed by atoms with Crippen LogP contribution in [0.2, 0.25) is 0 Å². The van der Waals surface area contributed by atoms with Crippen molar-refractivity contribution >= 4 is 38.3 Å². The van der Waals surface area contributed by atoms with Crippen LogP contribution in [0, 0.1) is 0 Å². The van der Waals surface area contributed by atoms with Crippen LogP contribution < -0.4 is 0 Å². The van der Waals surface area contributed by atoms with Gasteiger partial charge in [-0.25, -0.2) is 8.42 Å². The molecule has 0 radical (unpaired) electrons. The molecule has 1 saturated carbocycles. The van der Waals surface area contributed by atoms with Crippen molar-refractivity contribution in [1.82, 2.24) is 14.1 Å². The number of nitrogens with zero attached hydrogens (tertiary/aromatic N) is 3. The van der Waals surface area contributed by atoms with Crippen LogP contribution in [-0.2, 0) is 10.0 Å². The third-order valence-electron chi connectivity index (χ3n) is 6.14. The fourth-order valence-corrected chi connectivity index (χ4v) is 7.04. The Morgan fingerprint density at radius 1 is 0.964 bits per heavy atom. The van der Waals surface area contributed by atoms with E-state index in [0.717, 1.165) is 36.4 Å². The van der Waals surface area contributed by atoms with Crippen molar-refractivity contribution in [2.45, 2.75) is 42.9 Å². The number of benzene rings is 1. The second-order valence-electron chi connectivity index (χ2n) is 7.95. The van der Waals surface area contributed by atoms with E-state index in [1.807, 2.05) is 24.3 Å². The molecule has 154 valence electrons. The molecule has 0 aromatic heterocycles. The lowest BCUT2D eigenvalue weighted by Gasteiger charge is -2.36. The molecule has 8 heteroatoms. The van der Waals surface area contributed by atoms with E-state index in [-0.39, 0.29) is 0 Å². The molecule has 0 bridgehead atoms. The third kappa shape index (κ3) is 4.56. The van der Waals surface area contributed by atoms with E-state index in [9.17, 15) is 8.42 Å². The minimum absolute atomic E-state index is 0.428. The van der Waals surface area contributed by atoms with Gasteiger partial charge in [-0.2, -0.15) is 4.31 Å². The number of thioether (sulfide) groups is 1. The van der Waals surface area contributed by atoms with E-state index < -0.39 is 10.0 Å². The molecule has 0 N–H and O–H groups in total. The minimum Gasteiger partial charge on any atom is -0.344 e. The Morgan fingerprint density at radius 3 is 2.25 bits per heavy atom. The average molecular weight is 440 g/mol. The Balaban J connectivity index is 1.35. The van der Waals surface area contributed by atoms with Gasteiger partial charge in [0.15, 0.2) is 0 Å². The standard InChI is InChI=1S/C20H29N3O2S3/c24-28(25,19-8-6-18(7-9-19)17-4-2-1-3-5-17)23-12-10-21(11-13-23)16-22-14-15-27-20(22)26/h6-9,17H,1-5,10-16H2. The first-order chi connectivity index (χ1) is 13.5. The highest BCUT2D eigenvalue weighted by Crippen LogP contribution is 2.33. The van der Waals surface area contributed by atoms with Crippen LogP contribution in [0.1, 0.15) is 43.6 Å². The van der Waals surface area contributed by atoms with E-state index in [2.05, 4.69) is 9.80 Å². The summed E-state index contributed by atoms with van der Waals surface area (Å²) in [7, 11) is -3.41. The molecule has 3 aliphatic rings. The lowest BCUT2D eigenvalue weighted by Crippen LogP contribution is -2.51. The zero-order valence-electron chi connectivity index (χ0n) is 16.3. The highest BCUT2D eigenvalue weighted by molar-refractivity contribution is 8.23. The normalized spacial score (nSPS) is 23.4. The van der Waals surface area contributed by atoms with Gasteiger partial charge in [-0.3, -0.25) is 4.90 Å². The Kier molecular flexibility index (Phi) is 6.62. The van der Waals surface area contributed by atoms with E-state index >= 15 is 0 Å². The maximum absolute atomic E-state index is 13.1. The molecule has 5 nitrogen and oxygen atoms in total. The topological polar surface area (TPSA) is 43.9 Å². The fraction of sp³-hybridized carbons (Fsp3) is 0.650. The van der Waals surface area contributed by atoms with Crippen molar-refractivity contribution in [3.05, 3.63) is 29.8 Å². The number of sulfonamides is 1. The zero-order chi connectivity index (χ0) is 19.6. The highest BCUT2D eigenvalue weighted by Gasteiger charge is 2.30. The molecule has 1 aromatic rings. The second kappa shape index (κ2) is 9.00. The largest absolute Gasteiger partial charge is 0.344 e. The summed E-state index contributed by atoms with van der Waals surface area (Å²) in [5.41, 5.74) is 1.29. The molecular weight excluding hydrogens is 410 g/mol. The van der Waals surface area contributed by atoms with E-state index in [1.165, 1.54) is 37.7 Å². The Hall–Kier alpha value is -0.670. The molecule has 4 rings (SSSR count). The molecule has 1 aromatic carbocycles. The Bertz CT molecular complexity index is 783. The molecule has 2 heterocycles. The highest BCUT2D eigenvalue weighted by atomic mass is 32.2. The molecule has 3 fully saturated rings. The lowest BCUT2D eigenvalue weighted by molar-refractivity contribution is 0.142. The van der Waals surface area contributed by atoms with E-state index in [1.54, 1.807) is 16.1 Å². The van der Waals surface area contributed by atoms with Gasteiger partial charge in [0.2, 0.25) is 10.0 Å². The molecule has 2 aliphatic heterocycles. The van der Waals surface area contributed by atoms with Crippen molar-refractivity contribution in [2.75, 3.05) is 45.1 Å². The fourth-order valence-electron chi connectivity index (χ4n) is 4.40. The van der Waals surface area contributed by atoms with E-state index in [4.69, 9.17) is 12.2 Å². The van der Waals surface area contributed by atoms with Gasteiger partial charge in [-0.05, 0) is 36.5 Å². The molecule has 2 saturated heterocycles. The molecule has 0 spiro atoms. The van der Waals surface area contributed by atoms with Crippen LogP contribution >= 0.6 is 24.0 Å². The van der Waals surface area contributed by atoms with Crippen LogP contribution in [0.3, 0.4) is 0 Å². The maximum atomic E-state index is 13.1. The van der Waals surface area contributed by atoms with Crippen molar-refractivity contribution in [3.63, 3.8) is 0 Å². The summed E-state index contributed by atoms with van der Waals surface area (Å²) < 4.78 is 28.7. The monoisotopic (exact) mass is 439 g/mol. The first-order valence-electron chi connectivity index (χ1n) is 10.3. The van der Waals surface area contributed by atoms with Crippen LogP contribution in [0.5, 0.6) is 0 Å². The third-order valence-corrected chi connectivity index (χ3v) is 9.56.